The van der Waals surface area contributed by atoms with Gasteiger partial charge in [-0.1, -0.05) is 13.0 Å². The average Bonchev–Trinajstić information content (AvgIpc) is 2.64. The summed E-state index contributed by atoms with van der Waals surface area (Å²) >= 11 is 0. The summed E-state index contributed by atoms with van der Waals surface area (Å²) in [6, 6.07) is 8.53. The predicted octanol–water partition coefficient (Wildman–Crippen LogP) is 1.01. The standard InChI is InChI=1S/C19H22N4O3/c1-13-10-19(11-13,12-20)18(26)23-7-5-22(6-8-23)17(25)15-4-2-3-14(9-15)16(21)24/h2-4,9,13H,5-8,10-11H2,1H3,(H2,21,24). The van der Waals surface area contributed by atoms with Crippen LogP contribution in [0.5, 0.6) is 0 Å². The van der Waals surface area contributed by atoms with Crippen LogP contribution < -0.4 is 5.73 Å². The minimum absolute atomic E-state index is 0.110. The Kier molecular flexibility index (Phi) is 4.68. The molecule has 7 heteroatoms. The minimum Gasteiger partial charge on any atom is -0.366 e. The summed E-state index contributed by atoms with van der Waals surface area (Å²) in [5.74, 6) is -0.473. The molecule has 2 aliphatic rings. The first-order valence-electron chi connectivity index (χ1n) is 8.76. The van der Waals surface area contributed by atoms with Gasteiger partial charge in [0.1, 0.15) is 5.41 Å². The maximum atomic E-state index is 12.7. The fourth-order valence-corrected chi connectivity index (χ4v) is 3.85. The van der Waals surface area contributed by atoms with Crippen LogP contribution in [0.4, 0.5) is 0 Å². The third-order valence-electron chi connectivity index (χ3n) is 5.27. The number of piperazine rings is 1. The second kappa shape index (κ2) is 6.79. The normalized spacial score (nSPS) is 25.2. The minimum atomic E-state index is -0.874. The smallest absolute Gasteiger partial charge is 0.253 e. The molecule has 1 heterocycles. The second-order valence-electron chi connectivity index (χ2n) is 7.24. The molecule has 0 radical (unpaired) electrons. The molecule has 0 atom stereocenters. The highest BCUT2D eigenvalue weighted by Gasteiger charge is 2.51. The predicted molar refractivity (Wildman–Crippen MR) is 93.9 cm³/mol. The molecule has 1 aliphatic heterocycles. The van der Waals surface area contributed by atoms with E-state index in [2.05, 4.69) is 6.07 Å². The maximum absolute atomic E-state index is 12.7. The van der Waals surface area contributed by atoms with Gasteiger partial charge in [-0.25, -0.2) is 0 Å². The number of nitrogens with two attached hydrogens (primary N) is 1. The Morgan fingerprint density at radius 1 is 1.12 bits per heavy atom. The van der Waals surface area contributed by atoms with Crippen molar-refractivity contribution in [3.8, 4) is 6.07 Å². The number of nitriles is 1. The van der Waals surface area contributed by atoms with E-state index in [1.807, 2.05) is 6.92 Å². The Bertz CT molecular complexity index is 784. The van der Waals surface area contributed by atoms with Gasteiger partial charge in [-0.15, -0.1) is 0 Å². The van der Waals surface area contributed by atoms with Gasteiger partial charge in [0.15, 0.2) is 0 Å². The molecule has 1 saturated heterocycles. The first-order valence-corrected chi connectivity index (χ1v) is 8.76. The molecule has 0 spiro atoms. The van der Waals surface area contributed by atoms with Gasteiger partial charge in [0.05, 0.1) is 6.07 Å². The lowest BCUT2D eigenvalue weighted by molar-refractivity contribution is -0.146. The van der Waals surface area contributed by atoms with Crippen molar-refractivity contribution in [2.24, 2.45) is 17.1 Å². The fourth-order valence-electron chi connectivity index (χ4n) is 3.85. The van der Waals surface area contributed by atoms with E-state index in [-0.39, 0.29) is 11.8 Å². The molecule has 7 nitrogen and oxygen atoms in total. The maximum Gasteiger partial charge on any atom is 0.253 e. The molecule has 3 amide bonds. The van der Waals surface area contributed by atoms with E-state index < -0.39 is 11.3 Å². The van der Waals surface area contributed by atoms with Crippen molar-refractivity contribution >= 4 is 17.7 Å². The molecule has 3 rings (SSSR count). The van der Waals surface area contributed by atoms with Crippen molar-refractivity contribution in [1.82, 2.24) is 9.80 Å². The summed E-state index contributed by atoms with van der Waals surface area (Å²) in [7, 11) is 0. The molecule has 1 aromatic carbocycles. The molecule has 0 bridgehead atoms. The number of hydrogen-bond donors (Lipinski definition) is 1. The lowest BCUT2D eigenvalue weighted by Gasteiger charge is -2.44. The van der Waals surface area contributed by atoms with Crippen LogP contribution in [0.2, 0.25) is 0 Å². The topological polar surface area (TPSA) is 108 Å². The van der Waals surface area contributed by atoms with Crippen molar-refractivity contribution in [2.75, 3.05) is 26.2 Å². The first-order chi connectivity index (χ1) is 12.4. The Morgan fingerprint density at radius 3 is 2.23 bits per heavy atom. The second-order valence-corrected chi connectivity index (χ2v) is 7.24. The summed E-state index contributed by atoms with van der Waals surface area (Å²) in [6.07, 6.45) is 1.22. The highest BCUT2D eigenvalue weighted by atomic mass is 16.2. The van der Waals surface area contributed by atoms with Crippen LogP contribution in [0.1, 0.15) is 40.5 Å². The molecule has 26 heavy (non-hydrogen) atoms. The van der Waals surface area contributed by atoms with Gasteiger partial charge >= 0.3 is 0 Å². The number of carbonyl (C=O) groups excluding carboxylic acids is 3. The quantitative estimate of drug-likeness (QED) is 0.874. The molecule has 2 fully saturated rings. The lowest BCUT2D eigenvalue weighted by Crippen LogP contribution is -2.56. The van der Waals surface area contributed by atoms with Gasteiger partial charge in [-0.3, -0.25) is 14.4 Å². The zero-order valence-electron chi connectivity index (χ0n) is 14.8. The zero-order valence-corrected chi connectivity index (χ0v) is 14.8. The van der Waals surface area contributed by atoms with Crippen molar-refractivity contribution in [3.63, 3.8) is 0 Å². The SMILES string of the molecule is CC1CC(C#N)(C(=O)N2CCN(C(=O)c3cccc(C(N)=O)c3)CC2)C1. The van der Waals surface area contributed by atoms with Crippen LogP contribution in [0.3, 0.4) is 0 Å². The molecule has 1 aromatic rings. The van der Waals surface area contributed by atoms with Gasteiger partial charge in [0.2, 0.25) is 11.8 Å². The van der Waals surface area contributed by atoms with Crippen LogP contribution in [0.15, 0.2) is 24.3 Å². The third kappa shape index (κ3) is 3.15. The monoisotopic (exact) mass is 354 g/mol. The van der Waals surface area contributed by atoms with Crippen molar-refractivity contribution in [2.45, 2.75) is 19.8 Å². The molecular weight excluding hydrogens is 332 g/mol. The van der Waals surface area contributed by atoms with Gasteiger partial charge in [-0.2, -0.15) is 5.26 Å². The summed E-state index contributed by atoms with van der Waals surface area (Å²) in [4.78, 5) is 40.0. The Morgan fingerprint density at radius 2 is 1.69 bits per heavy atom. The van der Waals surface area contributed by atoms with Crippen LogP contribution >= 0.6 is 0 Å². The van der Waals surface area contributed by atoms with Gasteiger partial charge in [-0.05, 0) is 37.0 Å². The van der Waals surface area contributed by atoms with E-state index in [4.69, 9.17) is 5.73 Å². The Hall–Kier alpha value is -2.88. The summed E-state index contributed by atoms with van der Waals surface area (Å²) < 4.78 is 0. The van der Waals surface area contributed by atoms with Gasteiger partial charge < -0.3 is 15.5 Å². The van der Waals surface area contributed by atoms with E-state index in [0.717, 1.165) is 0 Å². The molecule has 1 aliphatic carbocycles. The van der Waals surface area contributed by atoms with E-state index >= 15 is 0 Å². The van der Waals surface area contributed by atoms with Gasteiger partial charge in [0, 0.05) is 37.3 Å². The van der Waals surface area contributed by atoms with Crippen LogP contribution in [-0.2, 0) is 4.79 Å². The molecule has 136 valence electrons. The molecule has 0 unspecified atom stereocenters. The highest BCUT2D eigenvalue weighted by molar-refractivity contribution is 5.99. The van der Waals surface area contributed by atoms with Gasteiger partial charge in [0.25, 0.3) is 5.91 Å². The van der Waals surface area contributed by atoms with Crippen molar-refractivity contribution in [3.05, 3.63) is 35.4 Å². The van der Waals surface area contributed by atoms with E-state index in [1.165, 1.54) is 6.07 Å². The van der Waals surface area contributed by atoms with E-state index in [1.54, 1.807) is 28.0 Å². The lowest BCUT2D eigenvalue weighted by atomic mass is 9.62. The number of nitrogens with zero attached hydrogens (tertiary/aromatic N) is 3. The number of rotatable bonds is 3. The van der Waals surface area contributed by atoms with Crippen LogP contribution in [-0.4, -0.2) is 53.7 Å². The van der Waals surface area contributed by atoms with E-state index in [9.17, 15) is 19.6 Å². The Labute approximate surface area is 152 Å². The van der Waals surface area contributed by atoms with Crippen molar-refractivity contribution < 1.29 is 14.4 Å². The number of primary amides is 1. The van der Waals surface area contributed by atoms with Crippen LogP contribution in [0.25, 0.3) is 0 Å². The number of benzene rings is 1. The Balaban J connectivity index is 1.63. The molecule has 1 saturated carbocycles. The highest BCUT2D eigenvalue weighted by Crippen LogP contribution is 2.46. The third-order valence-corrected chi connectivity index (χ3v) is 5.27. The van der Waals surface area contributed by atoms with Crippen LogP contribution in [0, 0.1) is 22.7 Å². The number of amides is 3. The van der Waals surface area contributed by atoms with Crippen molar-refractivity contribution in [1.29, 1.82) is 5.26 Å². The number of hydrogen-bond acceptors (Lipinski definition) is 4. The molecular formula is C19H22N4O3. The van der Waals surface area contributed by atoms with E-state index in [0.29, 0.717) is 56.1 Å². The average molecular weight is 354 g/mol. The molecule has 2 N–H and O–H groups in total. The summed E-state index contributed by atoms with van der Waals surface area (Å²) in [6.45, 7) is 3.68. The largest absolute Gasteiger partial charge is 0.366 e. The fraction of sp³-hybridized carbons (Fsp3) is 0.474. The summed E-state index contributed by atoms with van der Waals surface area (Å²) in [5.41, 5.74) is 5.08. The summed E-state index contributed by atoms with van der Waals surface area (Å²) in [5, 5.41) is 9.42. The number of carbonyl (C=O) groups is 3. The zero-order chi connectivity index (χ0) is 18.9. The first kappa shape index (κ1) is 17.9. The molecule has 0 aromatic heterocycles.